The number of amides is 2. The number of carbonyl (C=O) groups is 2. The minimum Gasteiger partial charge on any atom is -0.351 e. The van der Waals surface area contributed by atoms with Gasteiger partial charge in [0, 0.05) is 31.0 Å². The summed E-state index contributed by atoms with van der Waals surface area (Å²) in [6.45, 7) is 1.29. The van der Waals surface area contributed by atoms with Gasteiger partial charge in [0.15, 0.2) is 0 Å². The summed E-state index contributed by atoms with van der Waals surface area (Å²) in [5.41, 5.74) is 3.26. The molecule has 8 heteroatoms. The van der Waals surface area contributed by atoms with E-state index in [4.69, 9.17) is 4.52 Å². The molecule has 30 heavy (non-hydrogen) atoms. The van der Waals surface area contributed by atoms with Gasteiger partial charge in [-0.3, -0.25) is 14.9 Å². The standard InChI is InChI=1S/C22H19N5O3/c28-21(25-19-13-16(26-30-19)11-14-5-2-1-3-6-14)17-8-7-15-12-18-22(29)23-9-4-10-27(18)20(15)24-17/h1-3,5-8,12-13H,4,9-11H2,(H,23,29)(H,25,28). The molecule has 5 rings (SSSR count). The van der Waals surface area contributed by atoms with Crippen molar-refractivity contribution in [3.63, 3.8) is 0 Å². The lowest BCUT2D eigenvalue weighted by molar-refractivity contribution is 0.0950. The van der Waals surface area contributed by atoms with Crippen molar-refractivity contribution < 1.29 is 14.1 Å². The van der Waals surface area contributed by atoms with Crippen molar-refractivity contribution in [3.8, 4) is 0 Å². The second-order valence-corrected chi connectivity index (χ2v) is 7.20. The van der Waals surface area contributed by atoms with Gasteiger partial charge >= 0.3 is 0 Å². The third-order valence-corrected chi connectivity index (χ3v) is 5.08. The zero-order valence-corrected chi connectivity index (χ0v) is 16.1. The largest absolute Gasteiger partial charge is 0.351 e. The zero-order valence-electron chi connectivity index (χ0n) is 16.1. The summed E-state index contributed by atoms with van der Waals surface area (Å²) in [5.74, 6) is -0.252. The Morgan fingerprint density at radius 1 is 1.17 bits per heavy atom. The molecule has 2 N–H and O–H groups in total. The first-order valence-electron chi connectivity index (χ1n) is 9.77. The highest BCUT2D eigenvalue weighted by Crippen LogP contribution is 2.21. The molecule has 8 nitrogen and oxygen atoms in total. The molecule has 0 bridgehead atoms. The van der Waals surface area contributed by atoms with Gasteiger partial charge < -0.3 is 14.4 Å². The van der Waals surface area contributed by atoms with Crippen LogP contribution in [-0.4, -0.2) is 33.1 Å². The average Bonchev–Trinajstić information content (AvgIpc) is 3.30. The first-order chi connectivity index (χ1) is 14.7. The van der Waals surface area contributed by atoms with Gasteiger partial charge in [0.05, 0.1) is 5.69 Å². The molecule has 1 aliphatic rings. The maximum atomic E-state index is 12.7. The summed E-state index contributed by atoms with van der Waals surface area (Å²) in [5, 5.41) is 10.4. The molecule has 0 fully saturated rings. The minimum atomic E-state index is -0.395. The normalized spacial score (nSPS) is 13.5. The molecule has 0 radical (unpaired) electrons. The van der Waals surface area contributed by atoms with Crippen LogP contribution >= 0.6 is 0 Å². The van der Waals surface area contributed by atoms with Crippen LogP contribution in [0, 0.1) is 0 Å². The number of anilines is 1. The lowest BCUT2D eigenvalue weighted by Crippen LogP contribution is -2.22. The Hall–Kier alpha value is -3.94. The number of nitrogens with zero attached hydrogens (tertiary/aromatic N) is 3. The second-order valence-electron chi connectivity index (χ2n) is 7.20. The number of pyridine rings is 1. The number of carbonyl (C=O) groups excluding carboxylic acids is 2. The molecule has 0 atom stereocenters. The first-order valence-corrected chi connectivity index (χ1v) is 9.77. The van der Waals surface area contributed by atoms with Gasteiger partial charge in [0.2, 0.25) is 5.88 Å². The van der Waals surface area contributed by atoms with Crippen LogP contribution in [0.1, 0.15) is 38.7 Å². The Morgan fingerprint density at radius 3 is 2.90 bits per heavy atom. The topological polar surface area (TPSA) is 102 Å². The van der Waals surface area contributed by atoms with Gasteiger partial charge in [-0.25, -0.2) is 4.98 Å². The lowest BCUT2D eigenvalue weighted by Gasteiger charge is -2.05. The van der Waals surface area contributed by atoms with E-state index < -0.39 is 5.91 Å². The van der Waals surface area contributed by atoms with Crippen molar-refractivity contribution in [2.75, 3.05) is 11.9 Å². The van der Waals surface area contributed by atoms with Crippen molar-refractivity contribution in [2.45, 2.75) is 19.4 Å². The van der Waals surface area contributed by atoms with E-state index in [9.17, 15) is 9.59 Å². The molecular formula is C22H19N5O3. The Kier molecular flexibility index (Phi) is 4.51. The smallest absolute Gasteiger partial charge is 0.276 e. The Balaban J connectivity index is 1.36. The summed E-state index contributed by atoms with van der Waals surface area (Å²) in [4.78, 5) is 29.4. The highest BCUT2D eigenvalue weighted by Gasteiger charge is 2.20. The molecule has 1 aromatic carbocycles. The number of hydrogen-bond acceptors (Lipinski definition) is 5. The summed E-state index contributed by atoms with van der Waals surface area (Å²) in [6, 6.07) is 16.8. The number of aromatic nitrogens is 3. The van der Waals surface area contributed by atoms with Crippen molar-refractivity contribution in [1.82, 2.24) is 20.0 Å². The summed E-state index contributed by atoms with van der Waals surface area (Å²) >= 11 is 0. The monoisotopic (exact) mass is 401 g/mol. The predicted molar refractivity (Wildman–Crippen MR) is 110 cm³/mol. The molecule has 0 aliphatic carbocycles. The molecule has 2 amide bonds. The second kappa shape index (κ2) is 7.47. The van der Waals surface area contributed by atoms with E-state index in [-0.39, 0.29) is 17.5 Å². The van der Waals surface area contributed by atoms with Crippen LogP contribution in [0.25, 0.3) is 11.0 Å². The van der Waals surface area contributed by atoms with E-state index in [2.05, 4.69) is 20.8 Å². The van der Waals surface area contributed by atoms with Crippen molar-refractivity contribution in [1.29, 1.82) is 0 Å². The third kappa shape index (κ3) is 3.43. The van der Waals surface area contributed by atoms with Crippen molar-refractivity contribution in [2.24, 2.45) is 0 Å². The molecule has 1 aliphatic heterocycles. The van der Waals surface area contributed by atoms with Crippen LogP contribution in [-0.2, 0) is 13.0 Å². The molecule has 4 aromatic rings. The van der Waals surface area contributed by atoms with Crippen LogP contribution in [0.3, 0.4) is 0 Å². The maximum absolute atomic E-state index is 12.7. The van der Waals surface area contributed by atoms with E-state index in [0.717, 1.165) is 23.1 Å². The highest BCUT2D eigenvalue weighted by molar-refractivity contribution is 6.04. The number of aryl methyl sites for hydroxylation is 1. The number of fused-ring (bicyclic) bond motifs is 3. The van der Waals surface area contributed by atoms with Crippen LogP contribution in [0.15, 0.2) is 59.1 Å². The van der Waals surface area contributed by atoms with Crippen molar-refractivity contribution in [3.05, 3.63) is 77.2 Å². The minimum absolute atomic E-state index is 0.121. The average molecular weight is 401 g/mol. The van der Waals surface area contributed by atoms with E-state index in [1.807, 2.05) is 34.9 Å². The van der Waals surface area contributed by atoms with Gasteiger partial charge in [-0.2, -0.15) is 0 Å². The molecule has 0 spiro atoms. The number of hydrogen-bond donors (Lipinski definition) is 2. The molecule has 0 saturated heterocycles. The highest BCUT2D eigenvalue weighted by atomic mass is 16.5. The van der Waals surface area contributed by atoms with Crippen LogP contribution in [0.2, 0.25) is 0 Å². The van der Waals surface area contributed by atoms with Crippen molar-refractivity contribution >= 4 is 28.7 Å². The van der Waals surface area contributed by atoms with E-state index in [0.29, 0.717) is 30.9 Å². The molecule has 0 saturated carbocycles. The lowest BCUT2D eigenvalue weighted by atomic mass is 10.1. The van der Waals surface area contributed by atoms with Gasteiger partial charge in [-0.05, 0) is 30.2 Å². The number of rotatable bonds is 4. The molecule has 0 unspecified atom stereocenters. The van der Waals surface area contributed by atoms with Crippen LogP contribution < -0.4 is 10.6 Å². The maximum Gasteiger partial charge on any atom is 0.276 e. The van der Waals surface area contributed by atoms with Gasteiger partial charge in [0.25, 0.3) is 11.8 Å². The van der Waals surface area contributed by atoms with E-state index in [1.54, 1.807) is 24.3 Å². The Labute approximate surface area is 171 Å². The molecular weight excluding hydrogens is 382 g/mol. The fraction of sp³-hybridized carbons (Fsp3) is 0.182. The van der Waals surface area contributed by atoms with Gasteiger partial charge in [0.1, 0.15) is 17.0 Å². The molecule has 150 valence electrons. The summed E-state index contributed by atoms with van der Waals surface area (Å²) in [7, 11) is 0. The summed E-state index contributed by atoms with van der Waals surface area (Å²) < 4.78 is 7.12. The quantitative estimate of drug-likeness (QED) is 0.547. The zero-order chi connectivity index (χ0) is 20.5. The van der Waals surface area contributed by atoms with Gasteiger partial charge in [-0.1, -0.05) is 35.5 Å². The Morgan fingerprint density at radius 2 is 2.03 bits per heavy atom. The van der Waals surface area contributed by atoms with Crippen LogP contribution in [0.5, 0.6) is 0 Å². The van der Waals surface area contributed by atoms with E-state index in [1.165, 1.54) is 0 Å². The Bertz CT molecular complexity index is 1240. The van der Waals surface area contributed by atoms with Crippen LogP contribution in [0.4, 0.5) is 5.88 Å². The third-order valence-electron chi connectivity index (χ3n) is 5.08. The first kappa shape index (κ1) is 18.1. The fourth-order valence-corrected chi connectivity index (χ4v) is 3.63. The van der Waals surface area contributed by atoms with E-state index >= 15 is 0 Å². The fourth-order valence-electron chi connectivity index (χ4n) is 3.63. The molecule has 4 heterocycles. The summed E-state index contributed by atoms with van der Waals surface area (Å²) in [6.07, 6.45) is 1.42. The SMILES string of the molecule is O=C(Nc1cc(Cc2ccccc2)no1)c1ccc2cc3n(c2n1)CCCNC3=O. The van der Waals surface area contributed by atoms with Gasteiger partial charge in [-0.15, -0.1) is 0 Å². The predicted octanol–water partition coefficient (Wildman–Crippen LogP) is 3.00. The number of benzene rings is 1. The molecule has 3 aromatic heterocycles. The number of nitrogens with one attached hydrogen (secondary N) is 2.